The molecule has 0 aromatic heterocycles. The van der Waals surface area contributed by atoms with Crippen LogP contribution in [0.1, 0.15) is 342 Å². The molecule has 0 aromatic carbocycles. The van der Waals surface area contributed by atoms with E-state index in [1.165, 1.54) is 141 Å². The smallest absolute Gasteiger partial charge is 0.463 e. The highest BCUT2D eigenvalue weighted by molar-refractivity contribution is 7.47. The number of carbonyl (C=O) groups is 3. The minimum Gasteiger partial charge on any atom is -0.463 e. The quantitative estimate of drug-likeness (QED) is 0.0146. The second-order valence-electron chi connectivity index (χ2n) is 26.8. The molecule has 0 aliphatic rings. The van der Waals surface area contributed by atoms with Crippen molar-refractivity contribution in [3.05, 3.63) is 109 Å². The Bertz CT molecular complexity index is 2270. The van der Waals surface area contributed by atoms with Gasteiger partial charge in [0.05, 0.1) is 26.4 Å². The normalized spacial score (nSPS) is 14.6. The largest absolute Gasteiger partial charge is 0.472 e. The minimum atomic E-state index is -4.93. The molecule has 0 aromatic rings. The van der Waals surface area contributed by atoms with Crippen LogP contribution >= 0.6 is 15.6 Å². The van der Waals surface area contributed by atoms with Gasteiger partial charge >= 0.3 is 33.6 Å². The molecule has 0 saturated heterocycles. The third kappa shape index (κ3) is 77.1. The lowest BCUT2D eigenvalue weighted by Crippen LogP contribution is -2.30. The maximum atomic E-state index is 12.9. The minimum absolute atomic E-state index is 0.0861. The summed E-state index contributed by atoms with van der Waals surface area (Å²) in [5, 5.41) is 20.6. The number of unbranched alkanes of at least 4 members (excludes halogenated alkanes) is 35. The van der Waals surface area contributed by atoms with Gasteiger partial charge in [-0.25, -0.2) is 9.13 Å². The molecule has 5 unspecified atom stereocenters. The SMILES string of the molecule is CC/C=C\C/C=C\C/C=C\C/C=C\C/C=C\CCCCCCCCCCCCCCCCCCCCCC(=O)OCC(O)COP(=O)(O)OCC(O)COP(=O)(O)OCC(COC(=O)CCCCCCC/C=C\C/C=C\CCCCC)OC(=O)CCCCCCC/C=C\C/C=C\CCCCC. The summed E-state index contributed by atoms with van der Waals surface area (Å²) in [6, 6.07) is 0. The number of aliphatic hydroxyl groups excluding tert-OH is 2. The maximum absolute atomic E-state index is 12.9. The Morgan fingerprint density at radius 1 is 0.287 bits per heavy atom. The molecular weight excluding hydrogens is 1310 g/mol. The van der Waals surface area contributed by atoms with E-state index in [1.807, 2.05) is 0 Å². The molecule has 0 spiro atoms. The van der Waals surface area contributed by atoms with E-state index in [9.17, 15) is 43.5 Å². The number of esters is 3. The number of carbonyl (C=O) groups excluding carboxylic acids is 3. The van der Waals surface area contributed by atoms with Gasteiger partial charge in [0.1, 0.15) is 25.4 Å². The lowest BCUT2D eigenvalue weighted by Gasteiger charge is -2.21. The zero-order valence-corrected chi connectivity index (χ0v) is 65.6. The van der Waals surface area contributed by atoms with Gasteiger partial charge in [0.25, 0.3) is 0 Å². The highest BCUT2D eigenvalue weighted by atomic mass is 31.2. The molecule has 0 bridgehead atoms. The highest BCUT2D eigenvalue weighted by Crippen LogP contribution is 2.45. The number of hydrogen-bond donors (Lipinski definition) is 4. The summed E-state index contributed by atoms with van der Waals surface area (Å²) in [5.74, 6) is -1.60. The molecule has 101 heavy (non-hydrogen) atoms. The zero-order valence-electron chi connectivity index (χ0n) is 63.8. The standard InChI is InChI=1S/C83H146O16P2/c1-4-7-10-13-16-19-22-25-28-29-30-31-32-33-34-35-36-37-38-39-40-41-42-43-44-45-46-47-50-52-54-57-60-63-66-69-81(86)93-72-78(84)73-95-100(89,90)96-74-79(85)75-97-101(91,92)98-77-80(99-83(88)71-68-65-62-59-56-53-49-27-24-21-18-15-12-9-6-3)76-94-82(87)70-67-64-61-58-55-51-48-26-23-20-17-14-11-8-5-2/h7,10,16-21,25-28,30-31,33-34,48-49,78-80,84-85H,4-6,8-9,11-15,22-24,29,32,35-47,50-77H2,1-3H3,(H,89,90)(H,91,92)/b10-7-,19-16-,20-17-,21-18-,28-25-,31-30-,34-33-,48-26-,49-27-. The van der Waals surface area contributed by atoms with Crippen molar-refractivity contribution >= 4 is 33.6 Å². The van der Waals surface area contributed by atoms with E-state index in [4.69, 9.17) is 32.3 Å². The van der Waals surface area contributed by atoms with E-state index in [1.54, 1.807) is 0 Å². The average Bonchev–Trinajstić information content (AvgIpc) is 1.74. The van der Waals surface area contributed by atoms with Crippen LogP contribution in [0.25, 0.3) is 0 Å². The van der Waals surface area contributed by atoms with Gasteiger partial charge in [0.2, 0.25) is 0 Å². The van der Waals surface area contributed by atoms with Crippen molar-refractivity contribution in [3.63, 3.8) is 0 Å². The number of phosphoric acid groups is 2. The summed E-state index contributed by atoms with van der Waals surface area (Å²) in [6.45, 7) is 2.51. The van der Waals surface area contributed by atoms with Gasteiger partial charge in [0.15, 0.2) is 6.10 Å². The summed E-state index contributed by atoms with van der Waals surface area (Å²) in [5.41, 5.74) is 0. The van der Waals surface area contributed by atoms with Crippen molar-refractivity contribution in [2.45, 2.75) is 360 Å². The lowest BCUT2D eigenvalue weighted by atomic mass is 10.0. The van der Waals surface area contributed by atoms with Crippen molar-refractivity contribution in [2.75, 3.05) is 39.6 Å². The summed E-state index contributed by atoms with van der Waals surface area (Å²) in [7, 11) is -9.79. The van der Waals surface area contributed by atoms with Crippen LogP contribution < -0.4 is 0 Å². The average molecular weight is 1460 g/mol. The van der Waals surface area contributed by atoms with Gasteiger partial charge in [-0.1, -0.05) is 304 Å². The molecule has 0 saturated carbocycles. The summed E-state index contributed by atoms with van der Waals surface area (Å²) in [6.07, 6.45) is 88.8. The molecule has 0 amide bonds. The first-order valence-electron chi connectivity index (χ1n) is 40.2. The topological polar surface area (TPSA) is 231 Å². The molecule has 0 aliphatic carbocycles. The Morgan fingerprint density at radius 3 is 0.832 bits per heavy atom. The Hall–Kier alpha value is -3.79. The van der Waals surface area contributed by atoms with Crippen molar-refractivity contribution in [3.8, 4) is 0 Å². The Labute approximate surface area is 615 Å². The molecule has 0 heterocycles. The molecule has 584 valence electrons. The molecule has 4 N–H and O–H groups in total. The fraction of sp³-hybridized carbons (Fsp3) is 0.747. The van der Waals surface area contributed by atoms with Crippen LogP contribution in [0.4, 0.5) is 0 Å². The van der Waals surface area contributed by atoms with Crippen molar-refractivity contribution in [1.82, 2.24) is 0 Å². The first-order chi connectivity index (χ1) is 49.2. The number of allylic oxidation sites excluding steroid dienone is 18. The summed E-state index contributed by atoms with van der Waals surface area (Å²) < 4.78 is 61.1. The van der Waals surface area contributed by atoms with Crippen LogP contribution in [0, 0.1) is 0 Å². The van der Waals surface area contributed by atoms with Gasteiger partial charge < -0.3 is 34.2 Å². The predicted octanol–water partition coefficient (Wildman–Crippen LogP) is 23.5. The second-order valence-corrected chi connectivity index (χ2v) is 29.7. The Kier molecular flexibility index (Phi) is 73.0. The highest BCUT2D eigenvalue weighted by Gasteiger charge is 2.29. The Morgan fingerprint density at radius 2 is 0.525 bits per heavy atom. The van der Waals surface area contributed by atoms with Crippen molar-refractivity contribution in [1.29, 1.82) is 0 Å². The van der Waals surface area contributed by atoms with Gasteiger partial charge in [-0.05, 0) is 128 Å². The number of ether oxygens (including phenoxy) is 3. The van der Waals surface area contributed by atoms with Gasteiger partial charge in [-0.15, -0.1) is 0 Å². The third-order valence-corrected chi connectivity index (χ3v) is 18.9. The Balaban J connectivity index is 4.35. The van der Waals surface area contributed by atoms with E-state index in [0.717, 1.165) is 141 Å². The maximum Gasteiger partial charge on any atom is 0.472 e. The van der Waals surface area contributed by atoms with Crippen LogP contribution in [-0.4, -0.2) is 95.9 Å². The van der Waals surface area contributed by atoms with Crippen LogP contribution in [-0.2, 0) is 55.8 Å². The van der Waals surface area contributed by atoms with E-state index in [0.29, 0.717) is 19.3 Å². The van der Waals surface area contributed by atoms with Gasteiger partial charge in [-0.2, -0.15) is 0 Å². The number of phosphoric ester groups is 2. The predicted molar refractivity (Wildman–Crippen MR) is 417 cm³/mol. The molecule has 16 nitrogen and oxygen atoms in total. The lowest BCUT2D eigenvalue weighted by molar-refractivity contribution is -0.161. The van der Waals surface area contributed by atoms with E-state index in [-0.39, 0.29) is 19.3 Å². The fourth-order valence-electron chi connectivity index (χ4n) is 10.8. The first kappa shape index (κ1) is 97.2. The van der Waals surface area contributed by atoms with E-state index >= 15 is 0 Å². The van der Waals surface area contributed by atoms with Crippen LogP contribution in [0.15, 0.2) is 109 Å². The summed E-state index contributed by atoms with van der Waals surface area (Å²) in [4.78, 5) is 58.5. The van der Waals surface area contributed by atoms with Crippen molar-refractivity contribution in [2.24, 2.45) is 0 Å². The monoisotopic (exact) mass is 1460 g/mol. The second kappa shape index (κ2) is 75.9. The molecular formula is C83H146O16P2. The number of rotatable bonds is 76. The third-order valence-electron chi connectivity index (χ3n) is 17.0. The fourth-order valence-corrected chi connectivity index (χ4v) is 12.4. The van der Waals surface area contributed by atoms with Crippen LogP contribution in [0.2, 0.25) is 0 Å². The van der Waals surface area contributed by atoms with Gasteiger partial charge in [0, 0.05) is 19.3 Å². The summed E-state index contributed by atoms with van der Waals surface area (Å²) >= 11 is 0. The molecule has 0 rings (SSSR count). The number of hydrogen-bond acceptors (Lipinski definition) is 14. The van der Waals surface area contributed by atoms with Gasteiger partial charge in [-0.3, -0.25) is 32.5 Å². The molecule has 5 atom stereocenters. The van der Waals surface area contributed by atoms with E-state index in [2.05, 4.69) is 130 Å². The van der Waals surface area contributed by atoms with Crippen LogP contribution in [0.5, 0.6) is 0 Å². The molecule has 18 heteroatoms. The van der Waals surface area contributed by atoms with E-state index < -0.39 is 91.5 Å². The van der Waals surface area contributed by atoms with Crippen LogP contribution in [0.3, 0.4) is 0 Å². The molecule has 0 fully saturated rings. The molecule has 0 aliphatic heterocycles. The van der Waals surface area contributed by atoms with Crippen molar-refractivity contribution < 1.29 is 75.8 Å². The molecule has 0 radical (unpaired) electrons. The number of aliphatic hydroxyl groups is 2. The first-order valence-corrected chi connectivity index (χ1v) is 43.2. The zero-order chi connectivity index (χ0) is 73.7.